The summed E-state index contributed by atoms with van der Waals surface area (Å²) in [7, 11) is -3.73. The molecule has 0 aromatic heterocycles. The lowest BCUT2D eigenvalue weighted by Crippen LogP contribution is -2.51. The van der Waals surface area contributed by atoms with Crippen LogP contribution in [-0.2, 0) is 14.8 Å². The zero-order valence-electron chi connectivity index (χ0n) is 19.1. The summed E-state index contributed by atoms with van der Waals surface area (Å²) in [6, 6.07) is 5.92. The van der Waals surface area contributed by atoms with Crippen molar-refractivity contribution < 1.29 is 23.1 Å². The predicted octanol–water partition coefficient (Wildman–Crippen LogP) is 2.94. The van der Waals surface area contributed by atoms with E-state index in [9.17, 15) is 18.3 Å². The van der Waals surface area contributed by atoms with Gasteiger partial charge in [0.05, 0.1) is 17.0 Å². The van der Waals surface area contributed by atoms with Crippen molar-refractivity contribution in [2.45, 2.75) is 74.6 Å². The molecule has 184 valence electrons. The molecule has 8 nitrogen and oxygen atoms in total. The number of carbonyl (C=O) groups is 1. The summed E-state index contributed by atoms with van der Waals surface area (Å²) >= 11 is 5.93. The minimum absolute atomic E-state index is 0.0487. The molecular formula is C23H34ClN3O5S. The van der Waals surface area contributed by atoms with E-state index >= 15 is 0 Å². The van der Waals surface area contributed by atoms with Crippen molar-refractivity contribution in [3.8, 4) is 0 Å². The van der Waals surface area contributed by atoms with E-state index in [1.165, 1.54) is 16.4 Å². The molecule has 0 saturated carbocycles. The first-order valence-corrected chi connectivity index (χ1v) is 13.7. The van der Waals surface area contributed by atoms with Crippen LogP contribution in [0.2, 0.25) is 5.02 Å². The normalized spacial score (nSPS) is 28.2. The minimum Gasteiger partial charge on any atom is -0.448 e. The summed E-state index contributed by atoms with van der Waals surface area (Å²) in [4.78, 5) is 17.0. The van der Waals surface area contributed by atoms with Crippen molar-refractivity contribution in [1.29, 1.82) is 0 Å². The zero-order valence-corrected chi connectivity index (χ0v) is 20.7. The number of amides is 1. The third kappa shape index (κ3) is 5.65. The van der Waals surface area contributed by atoms with Gasteiger partial charge >= 0.3 is 6.09 Å². The number of hydrogen-bond acceptors (Lipinski definition) is 6. The van der Waals surface area contributed by atoms with Crippen LogP contribution in [0.4, 0.5) is 4.79 Å². The molecule has 1 aromatic carbocycles. The van der Waals surface area contributed by atoms with Gasteiger partial charge in [0.25, 0.3) is 0 Å². The van der Waals surface area contributed by atoms with Gasteiger partial charge in [0.15, 0.2) is 0 Å². The number of aliphatic hydroxyl groups excluding tert-OH is 1. The number of ether oxygens (including phenoxy) is 1. The standard InChI is InChI=1S/C23H34ClN3O5S/c1-17-3-2-4-20(27(17)33(30,31)22-7-5-18(24)6-8-22)16-32-23(29)26-12-9-19(15-26)25-13-10-21(28)11-14-25/h5-8,17,19-21,28H,2-4,9-16H2,1H3/t17-,19?,20-/m1/s1. The first kappa shape index (κ1) is 24.7. The molecule has 3 heterocycles. The van der Waals surface area contributed by atoms with Gasteiger partial charge in [-0.1, -0.05) is 18.0 Å². The van der Waals surface area contributed by atoms with Crippen LogP contribution in [0.1, 0.15) is 45.4 Å². The number of carbonyl (C=O) groups excluding carboxylic acids is 1. The summed E-state index contributed by atoms with van der Waals surface area (Å²) in [5.41, 5.74) is 0. The monoisotopic (exact) mass is 499 g/mol. The Kier molecular flexibility index (Phi) is 7.85. The van der Waals surface area contributed by atoms with E-state index in [4.69, 9.17) is 16.3 Å². The zero-order chi connectivity index (χ0) is 23.6. The average Bonchev–Trinajstić information content (AvgIpc) is 3.28. The highest BCUT2D eigenvalue weighted by Crippen LogP contribution is 2.31. The van der Waals surface area contributed by atoms with Gasteiger partial charge in [-0.3, -0.25) is 4.90 Å². The Morgan fingerprint density at radius 3 is 2.48 bits per heavy atom. The Bertz CT molecular complexity index is 921. The maximum absolute atomic E-state index is 13.4. The molecule has 1 aromatic rings. The quantitative estimate of drug-likeness (QED) is 0.670. The second-order valence-electron chi connectivity index (χ2n) is 9.46. The number of sulfonamides is 1. The Morgan fingerprint density at radius 1 is 1.09 bits per heavy atom. The maximum atomic E-state index is 13.4. The molecule has 1 unspecified atom stereocenters. The van der Waals surface area contributed by atoms with Crippen LogP contribution in [0, 0.1) is 0 Å². The summed E-state index contributed by atoms with van der Waals surface area (Å²) < 4.78 is 33.9. The molecule has 1 amide bonds. The van der Waals surface area contributed by atoms with Crippen molar-refractivity contribution in [2.24, 2.45) is 0 Å². The van der Waals surface area contributed by atoms with E-state index < -0.39 is 10.0 Å². The lowest BCUT2D eigenvalue weighted by Gasteiger charge is -2.39. The number of aliphatic hydroxyl groups is 1. The summed E-state index contributed by atoms with van der Waals surface area (Å²) in [5.74, 6) is 0. The Morgan fingerprint density at radius 2 is 1.79 bits per heavy atom. The van der Waals surface area contributed by atoms with E-state index in [-0.39, 0.29) is 35.8 Å². The fourth-order valence-electron chi connectivity index (χ4n) is 5.30. The molecule has 1 N–H and O–H groups in total. The van der Waals surface area contributed by atoms with Gasteiger partial charge in [-0.15, -0.1) is 0 Å². The van der Waals surface area contributed by atoms with E-state index in [0.717, 1.165) is 45.2 Å². The molecule has 3 fully saturated rings. The average molecular weight is 500 g/mol. The summed E-state index contributed by atoms with van der Waals surface area (Å²) in [6.45, 7) is 4.91. The van der Waals surface area contributed by atoms with Crippen molar-refractivity contribution in [3.63, 3.8) is 0 Å². The van der Waals surface area contributed by atoms with Gasteiger partial charge in [-0.2, -0.15) is 4.31 Å². The number of rotatable bonds is 5. The van der Waals surface area contributed by atoms with Gasteiger partial charge in [-0.25, -0.2) is 13.2 Å². The van der Waals surface area contributed by atoms with Gasteiger partial charge < -0.3 is 14.7 Å². The second kappa shape index (κ2) is 10.5. The second-order valence-corrected chi connectivity index (χ2v) is 11.7. The van der Waals surface area contributed by atoms with Gasteiger partial charge in [0.2, 0.25) is 10.0 Å². The smallest absolute Gasteiger partial charge is 0.409 e. The number of halogens is 1. The highest BCUT2D eigenvalue weighted by atomic mass is 35.5. The lowest BCUT2D eigenvalue weighted by atomic mass is 10.0. The van der Waals surface area contributed by atoms with Crippen molar-refractivity contribution in [1.82, 2.24) is 14.1 Å². The Hall–Kier alpha value is -1.39. The lowest BCUT2D eigenvalue weighted by molar-refractivity contribution is 0.0552. The van der Waals surface area contributed by atoms with Gasteiger partial charge in [-0.05, 0) is 63.3 Å². The summed E-state index contributed by atoms with van der Waals surface area (Å²) in [6.07, 6.45) is 4.17. The van der Waals surface area contributed by atoms with Crippen LogP contribution in [0.3, 0.4) is 0 Å². The number of nitrogens with zero attached hydrogens (tertiary/aromatic N) is 3. The van der Waals surface area contributed by atoms with Crippen LogP contribution < -0.4 is 0 Å². The number of hydrogen-bond donors (Lipinski definition) is 1. The van der Waals surface area contributed by atoms with Crippen LogP contribution >= 0.6 is 11.6 Å². The van der Waals surface area contributed by atoms with Gasteiger partial charge in [0, 0.05) is 43.3 Å². The highest BCUT2D eigenvalue weighted by Gasteiger charge is 2.39. The highest BCUT2D eigenvalue weighted by molar-refractivity contribution is 7.89. The number of likely N-dealkylation sites (tertiary alicyclic amines) is 2. The molecule has 3 aliphatic rings. The van der Waals surface area contributed by atoms with E-state index in [2.05, 4.69) is 4.90 Å². The Labute approximate surface area is 201 Å². The number of benzene rings is 1. The van der Waals surface area contributed by atoms with Crippen molar-refractivity contribution >= 4 is 27.7 Å². The Balaban J connectivity index is 1.36. The molecular weight excluding hydrogens is 466 g/mol. The predicted molar refractivity (Wildman–Crippen MR) is 126 cm³/mol. The van der Waals surface area contributed by atoms with E-state index in [1.54, 1.807) is 17.0 Å². The molecule has 0 aliphatic carbocycles. The first-order valence-electron chi connectivity index (χ1n) is 11.9. The van der Waals surface area contributed by atoms with Crippen LogP contribution in [0.15, 0.2) is 29.2 Å². The third-order valence-corrected chi connectivity index (χ3v) is 9.51. The molecule has 33 heavy (non-hydrogen) atoms. The molecule has 3 saturated heterocycles. The molecule has 4 rings (SSSR count). The van der Waals surface area contributed by atoms with Crippen molar-refractivity contribution in [2.75, 3.05) is 32.8 Å². The maximum Gasteiger partial charge on any atom is 0.409 e. The van der Waals surface area contributed by atoms with Gasteiger partial charge in [0.1, 0.15) is 6.61 Å². The molecule has 0 bridgehead atoms. The van der Waals surface area contributed by atoms with Crippen LogP contribution in [0.5, 0.6) is 0 Å². The molecule has 10 heteroatoms. The molecule has 3 atom stereocenters. The molecule has 3 aliphatic heterocycles. The fourth-order valence-corrected chi connectivity index (χ4v) is 7.28. The number of piperidine rings is 2. The molecule has 0 radical (unpaired) electrons. The summed E-state index contributed by atoms with van der Waals surface area (Å²) in [5, 5.41) is 10.2. The van der Waals surface area contributed by atoms with Crippen LogP contribution in [0.25, 0.3) is 0 Å². The molecule has 0 spiro atoms. The van der Waals surface area contributed by atoms with Crippen molar-refractivity contribution in [3.05, 3.63) is 29.3 Å². The fraction of sp³-hybridized carbons (Fsp3) is 0.696. The SMILES string of the molecule is C[C@@H]1CCC[C@H](COC(=O)N2CCC(N3CCC(O)CC3)C2)N1S(=O)(=O)c1ccc(Cl)cc1. The largest absolute Gasteiger partial charge is 0.448 e. The third-order valence-electron chi connectivity index (χ3n) is 7.18. The van der Waals surface area contributed by atoms with E-state index in [1.807, 2.05) is 6.92 Å². The van der Waals surface area contributed by atoms with E-state index in [0.29, 0.717) is 30.6 Å². The minimum atomic E-state index is -3.73. The first-order chi connectivity index (χ1) is 15.8. The topological polar surface area (TPSA) is 90.4 Å². The van der Waals surface area contributed by atoms with Crippen LogP contribution in [-0.4, -0.2) is 90.7 Å².